The topological polar surface area (TPSA) is 59.3 Å². The van der Waals surface area contributed by atoms with Crippen molar-refractivity contribution >= 4 is 5.84 Å². The molecule has 2 N–H and O–H groups in total. The van der Waals surface area contributed by atoms with Crippen LogP contribution < -0.4 is 0 Å². The molecule has 1 fully saturated rings. The van der Waals surface area contributed by atoms with Crippen molar-refractivity contribution in [2.45, 2.75) is 73.3 Å². The van der Waals surface area contributed by atoms with E-state index in [0.29, 0.717) is 0 Å². The Morgan fingerprint density at radius 1 is 1.25 bits per heavy atom. The third-order valence-electron chi connectivity index (χ3n) is 5.95. The van der Waals surface area contributed by atoms with E-state index in [4.69, 9.17) is 4.99 Å². The molecule has 5 nitrogen and oxygen atoms in total. The standard InChI is InChI=1S/C27H41N3O2/c1-8-11-19(3)15-21(5)22(6)28-27-17-25-24(16-26(32)23(7)31)20(4)12-10-14-29(25)18-30(27)13-9-2/h11,15-17,22,31-32H,4,8-10,12-14,18H2,1-3,5-7H3/b19-11-,21-15-,24-16+,26-23-,28-27+. The first-order valence-corrected chi connectivity index (χ1v) is 11.8. The Kier molecular flexibility index (Phi) is 9.42. The number of rotatable bonds is 7. The van der Waals surface area contributed by atoms with Gasteiger partial charge < -0.3 is 20.0 Å². The molecular formula is C27H41N3O2. The molecule has 1 unspecified atom stereocenters. The Hall–Kier alpha value is -2.69. The Morgan fingerprint density at radius 3 is 2.59 bits per heavy atom. The van der Waals surface area contributed by atoms with E-state index in [1.807, 2.05) is 0 Å². The molecule has 5 heteroatoms. The van der Waals surface area contributed by atoms with Gasteiger partial charge in [-0.1, -0.05) is 38.2 Å². The molecule has 0 aromatic carbocycles. The highest BCUT2D eigenvalue weighted by atomic mass is 16.3. The molecule has 2 aliphatic rings. The molecule has 1 saturated heterocycles. The molecule has 2 heterocycles. The predicted octanol–water partition coefficient (Wildman–Crippen LogP) is 6.57. The number of aliphatic hydroxyl groups excluding tert-OH is 2. The van der Waals surface area contributed by atoms with Crippen LogP contribution in [0.2, 0.25) is 0 Å². The fraction of sp³-hybridized carbons (Fsp3) is 0.519. The maximum Gasteiger partial charge on any atom is 0.153 e. The molecule has 0 aromatic rings. The van der Waals surface area contributed by atoms with Gasteiger partial charge in [0, 0.05) is 30.4 Å². The number of hydrogen-bond acceptors (Lipinski definition) is 4. The van der Waals surface area contributed by atoms with Crippen molar-refractivity contribution in [2.75, 3.05) is 19.8 Å². The van der Waals surface area contributed by atoms with Gasteiger partial charge in [0.25, 0.3) is 0 Å². The maximum absolute atomic E-state index is 10.2. The van der Waals surface area contributed by atoms with Crippen molar-refractivity contribution < 1.29 is 10.2 Å². The lowest BCUT2D eigenvalue weighted by atomic mass is 9.99. The first-order chi connectivity index (χ1) is 15.2. The van der Waals surface area contributed by atoms with Gasteiger partial charge in [0.05, 0.1) is 12.7 Å². The number of hydrogen-bond donors (Lipinski definition) is 2. The Morgan fingerprint density at radius 2 is 1.97 bits per heavy atom. The molecule has 176 valence electrons. The summed E-state index contributed by atoms with van der Waals surface area (Å²) in [7, 11) is 0. The van der Waals surface area contributed by atoms with E-state index in [-0.39, 0.29) is 17.6 Å². The van der Waals surface area contributed by atoms with Gasteiger partial charge in [0.1, 0.15) is 11.6 Å². The van der Waals surface area contributed by atoms with Crippen LogP contribution in [0, 0.1) is 0 Å². The number of aliphatic hydroxyl groups is 2. The van der Waals surface area contributed by atoms with Crippen LogP contribution in [-0.4, -0.2) is 51.6 Å². The van der Waals surface area contributed by atoms with E-state index < -0.39 is 0 Å². The molecule has 0 amide bonds. The Balaban J connectivity index is 2.55. The van der Waals surface area contributed by atoms with Crippen molar-refractivity contribution in [1.82, 2.24) is 9.80 Å². The van der Waals surface area contributed by atoms with Gasteiger partial charge in [-0.05, 0) is 70.6 Å². The molecule has 2 rings (SSSR count). The van der Waals surface area contributed by atoms with Crippen LogP contribution in [0.5, 0.6) is 0 Å². The lowest BCUT2D eigenvalue weighted by molar-refractivity contribution is 0.225. The van der Waals surface area contributed by atoms with Crippen molar-refractivity contribution in [3.63, 3.8) is 0 Å². The van der Waals surface area contributed by atoms with Crippen molar-refractivity contribution in [1.29, 1.82) is 0 Å². The third kappa shape index (κ3) is 6.65. The monoisotopic (exact) mass is 439 g/mol. The third-order valence-corrected chi connectivity index (χ3v) is 5.95. The zero-order valence-corrected chi connectivity index (χ0v) is 20.8. The molecule has 0 aromatic heterocycles. The molecular weight excluding hydrogens is 398 g/mol. The van der Waals surface area contributed by atoms with Crippen LogP contribution in [0.3, 0.4) is 0 Å². The van der Waals surface area contributed by atoms with Crippen LogP contribution in [0.25, 0.3) is 0 Å². The zero-order chi connectivity index (χ0) is 23.8. The average molecular weight is 440 g/mol. The molecule has 32 heavy (non-hydrogen) atoms. The normalized spacial score (nSPS) is 22.6. The van der Waals surface area contributed by atoms with E-state index in [1.165, 1.54) is 18.1 Å². The number of allylic oxidation sites excluding steroid dienone is 6. The molecule has 0 spiro atoms. The van der Waals surface area contributed by atoms with Gasteiger partial charge in [-0.15, -0.1) is 0 Å². The lowest BCUT2D eigenvalue weighted by Crippen LogP contribution is -2.45. The molecule has 0 aliphatic carbocycles. The van der Waals surface area contributed by atoms with Crippen molar-refractivity contribution in [3.05, 3.63) is 70.4 Å². The lowest BCUT2D eigenvalue weighted by Gasteiger charge is -2.39. The zero-order valence-electron chi connectivity index (χ0n) is 20.8. The van der Waals surface area contributed by atoms with Gasteiger partial charge in [-0.2, -0.15) is 0 Å². The second kappa shape index (κ2) is 11.8. The quantitative estimate of drug-likeness (QED) is 0.348. The number of fused-ring (bicyclic) bond motifs is 1. The molecule has 0 saturated carbocycles. The summed E-state index contributed by atoms with van der Waals surface area (Å²) in [6.45, 7) is 19.1. The minimum atomic E-state index is -0.122. The van der Waals surface area contributed by atoms with Crippen LogP contribution in [0.15, 0.2) is 75.4 Å². The van der Waals surface area contributed by atoms with Crippen LogP contribution in [0.1, 0.15) is 67.2 Å². The smallest absolute Gasteiger partial charge is 0.153 e. The first kappa shape index (κ1) is 25.6. The van der Waals surface area contributed by atoms with Gasteiger partial charge in [0.15, 0.2) is 5.76 Å². The largest absolute Gasteiger partial charge is 0.509 e. The Labute approximate surface area is 194 Å². The van der Waals surface area contributed by atoms with Gasteiger partial charge in [-0.25, -0.2) is 0 Å². The minimum Gasteiger partial charge on any atom is -0.509 e. The van der Waals surface area contributed by atoms with E-state index in [2.05, 4.69) is 69.2 Å². The second-order valence-electron chi connectivity index (χ2n) is 8.84. The highest BCUT2D eigenvalue weighted by Crippen LogP contribution is 2.33. The highest BCUT2D eigenvalue weighted by Gasteiger charge is 2.28. The highest BCUT2D eigenvalue weighted by molar-refractivity contribution is 5.95. The fourth-order valence-corrected chi connectivity index (χ4v) is 4.05. The summed E-state index contributed by atoms with van der Waals surface area (Å²) in [6.07, 6.45) is 12.1. The molecule has 1 atom stereocenters. The van der Waals surface area contributed by atoms with E-state index in [0.717, 1.165) is 68.1 Å². The Bertz CT molecular complexity index is 883. The van der Waals surface area contributed by atoms with Crippen LogP contribution in [-0.2, 0) is 0 Å². The van der Waals surface area contributed by atoms with Crippen LogP contribution in [0.4, 0.5) is 0 Å². The molecule has 0 bridgehead atoms. The summed E-state index contributed by atoms with van der Waals surface area (Å²) in [5.41, 5.74) is 5.36. The van der Waals surface area contributed by atoms with E-state index in [9.17, 15) is 10.2 Å². The van der Waals surface area contributed by atoms with Crippen LogP contribution >= 0.6 is 0 Å². The molecule has 0 radical (unpaired) electrons. The fourth-order valence-electron chi connectivity index (χ4n) is 4.05. The van der Waals surface area contributed by atoms with Crippen molar-refractivity contribution in [3.8, 4) is 0 Å². The van der Waals surface area contributed by atoms with Crippen molar-refractivity contribution in [2.24, 2.45) is 4.99 Å². The number of amidine groups is 1. The predicted molar refractivity (Wildman–Crippen MR) is 136 cm³/mol. The number of nitrogens with zero attached hydrogens (tertiary/aromatic N) is 3. The average Bonchev–Trinajstić information content (AvgIpc) is 2.87. The summed E-state index contributed by atoms with van der Waals surface area (Å²) in [5.74, 6) is 0.743. The summed E-state index contributed by atoms with van der Waals surface area (Å²) in [4.78, 5) is 9.78. The van der Waals surface area contributed by atoms with Gasteiger partial charge >= 0.3 is 0 Å². The maximum atomic E-state index is 10.2. The summed E-state index contributed by atoms with van der Waals surface area (Å²) in [6, 6.07) is 0.0577. The summed E-state index contributed by atoms with van der Waals surface area (Å²) in [5, 5.41) is 20.0. The van der Waals surface area contributed by atoms with Gasteiger partial charge in [-0.3, -0.25) is 4.99 Å². The van der Waals surface area contributed by atoms with E-state index in [1.54, 1.807) is 6.08 Å². The second-order valence-corrected chi connectivity index (χ2v) is 8.84. The minimum absolute atomic E-state index is 0.0577. The summed E-state index contributed by atoms with van der Waals surface area (Å²) >= 11 is 0. The van der Waals surface area contributed by atoms with E-state index >= 15 is 0 Å². The summed E-state index contributed by atoms with van der Waals surface area (Å²) < 4.78 is 0. The molecule has 2 aliphatic heterocycles. The first-order valence-electron chi connectivity index (χ1n) is 11.8. The SMILES string of the molecule is C=C1CCCN2CN(CCC)/C(=N/C(C)/C(C)=C\C(C)=C/CC)C=C2/C1=C/C(O)=C(\C)O. The van der Waals surface area contributed by atoms with Gasteiger partial charge in [0.2, 0.25) is 0 Å². The number of aliphatic imine (C=N–C) groups is 1.